The summed E-state index contributed by atoms with van der Waals surface area (Å²) in [4.78, 5) is 10.9. The molecule has 0 unspecified atom stereocenters. The second kappa shape index (κ2) is 8.52. The van der Waals surface area contributed by atoms with E-state index in [0.29, 0.717) is 37.3 Å². The first-order valence-corrected chi connectivity index (χ1v) is 12.1. The molecule has 0 amide bonds. The first-order valence-electron chi connectivity index (χ1n) is 10.6. The average Bonchev–Trinajstić information content (AvgIpc) is 3.67. The third-order valence-electron chi connectivity index (χ3n) is 5.34. The Labute approximate surface area is 196 Å². The Kier molecular flexibility index (Phi) is 5.75. The summed E-state index contributed by atoms with van der Waals surface area (Å²) in [6.07, 6.45) is -5.60. The molecule has 14 heteroatoms. The maximum atomic E-state index is 13.2. The third kappa shape index (κ3) is 5.13. The van der Waals surface area contributed by atoms with Crippen LogP contribution in [-0.4, -0.2) is 46.8 Å². The van der Waals surface area contributed by atoms with E-state index in [1.54, 1.807) is 22.3 Å². The number of rotatable bonds is 9. The number of halogens is 3. The summed E-state index contributed by atoms with van der Waals surface area (Å²) in [6, 6.07) is 8.75. The molecule has 1 aromatic heterocycles. The highest BCUT2D eigenvalue weighted by molar-refractivity contribution is 7.54. The number of fused-ring (bicyclic) bond motifs is 1. The topological polar surface area (TPSA) is 107 Å². The second-order valence-electron chi connectivity index (χ2n) is 8.03. The van der Waals surface area contributed by atoms with E-state index in [-0.39, 0.29) is 17.1 Å². The first kappa shape index (κ1) is 23.6. The van der Waals surface area contributed by atoms with Gasteiger partial charge in [0.1, 0.15) is 28.9 Å². The van der Waals surface area contributed by atoms with E-state index in [9.17, 15) is 27.9 Å². The van der Waals surface area contributed by atoms with Gasteiger partial charge in [0.2, 0.25) is 5.75 Å². The maximum absolute atomic E-state index is 13.2. The summed E-state index contributed by atoms with van der Waals surface area (Å²) in [7, 11) is -3.12. The maximum Gasteiger partial charge on any atom is 0.573 e. The lowest BCUT2D eigenvalue weighted by Crippen LogP contribution is -2.17. The highest BCUT2D eigenvalue weighted by Gasteiger charge is 2.50. The average molecular weight is 513 g/mol. The molecule has 2 fully saturated rings. The molecule has 2 aliphatic heterocycles. The molecule has 0 saturated carbocycles. The summed E-state index contributed by atoms with van der Waals surface area (Å²) in [5, 5.41) is 12.1. The Morgan fingerprint density at radius 3 is 2.34 bits per heavy atom. The Bertz CT molecular complexity index is 1320. The smallest absolute Gasteiger partial charge is 0.458 e. The van der Waals surface area contributed by atoms with E-state index in [4.69, 9.17) is 13.7 Å². The van der Waals surface area contributed by atoms with Crippen LogP contribution < -0.4 is 9.47 Å². The highest BCUT2D eigenvalue weighted by atomic mass is 31.2. The number of nitrogens with zero attached hydrogens (tertiary/aromatic N) is 3. The van der Waals surface area contributed by atoms with Crippen LogP contribution in [-0.2, 0) is 9.09 Å². The van der Waals surface area contributed by atoms with Crippen molar-refractivity contribution in [2.45, 2.75) is 19.4 Å². The number of nitro benzene ring substituents is 1. The van der Waals surface area contributed by atoms with Gasteiger partial charge in [-0.15, -0.1) is 13.2 Å². The van der Waals surface area contributed by atoms with Gasteiger partial charge in [0.25, 0.3) is 0 Å². The van der Waals surface area contributed by atoms with Crippen molar-refractivity contribution < 1.29 is 41.1 Å². The number of alkyl halides is 3. The molecule has 10 nitrogen and oxygen atoms in total. The van der Waals surface area contributed by atoms with Crippen molar-refractivity contribution in [3.63, 3.8) is 0 Å². The lowest BCUT2D eigenvalue weighted by Gasteiger charge is -2.22. The SMILES string of the molecule is C[C@H](OP(=O)(N1CC1)N1CC1)c1cc2cc(Oc3cccc(OC(F)(F)F)c3)c([N+](=O)[O-])cc2o1. The van der Waals surface area contributed by atoms with Gasteiger partial charge in [-0.05, 0) is 31.2 Å². The minimum atomic E-state index is -4.90. The normalized spacial score (nSPS) is 17.4. The standard InChI is InChI=1S/C21H19F3N3O7P/c1-13(34-35(30,25-5-6-25)26-7-8-26)18-9-14-10-20(17(27(28)29)12-19(14)32-18)31-15-3-2-4-16(11-15)33-21(22,23)24/h2-4,9-13H,5-8H2,1H3/t13-/m0/s1. The van der Waals surface area contributed by atoms with Gasteiger partial charge in [-0.2, -0.15) is 0 Å². The summed E-state index contributed by atoms with van der Waals surface area (Å²) >= 11 is 0. The molecule has 3 heterocycles. The zero-order valence-corrected chi connectivity index (χ0v) is 19.1. The van der Waals surface area contributed by atoms with Crippen LogP contribution >= 0.6 is 7.67 Å². The molecule has 0 bridgehead atoms. The van der Waals surface area contributed by atoms with Crippen LogP contribution in [0.25, 0.3) is 11.0 Å². The third-order valence-corrected chi connectivity index (χ3v) is 8.16. The van der Waals surface area contributed by atoms with Crippen LogP contribution in [0.4, 0.5) is 18.9 Å². The molecule has 2 aliphatic rings. The fourth-order valence-electron chi connectivity index (χ4n) is 3.53. The van der Waals surface area contributed by atoms with Gasteiger partial charge in [-0.25, -0.2) is 9.34 Å². The fourth-order valence-corrected chi connectivity index (χ4v) is 5.86. The van der Waals surface area contributed by atoms with E-state index < -0.39 is 36.5 Å². The van der Waals surface area contributed by atoms with E-state index in [0.717, 1.165) is 18.2 Å². The van der Waals surface area contributed by atoms with Crippen LogP contribution in [0, 0.1) is 10.1 Å². The van der Waals surface area contributed by atoms with Crippen molar-refractivity contribution in [1.82, 2.24) is 9.34 Å². The van der Waals surface area contributed by atoms with Crippen molar-refractivity contribution in [3.05, 3.63) is 58.3 Å². The molecular weight excluding hydrogens is 494 g/mol. The van der Waals surface area contributed by atoms with E-state index >= 15 is 0 Å². The molecule has 186 valence electrons. The number of ether oxygens (including phenoxy) is 2. The van der Waals surface area contributed by atoms with E-state index in [2.05, 4.69) is 4.74 Å². The van der Waals surface area contributed by atoms with Gasteiger partial charge in [-0.1, -0.05) is 6.07 Å². The zero-order chi connectivity index (χ0) is 25.0. The van der Waals surface area contributed by atoms with Gasteiger partial charge in [0.05, 0.1) is 11.0 Å². The van der Waals surface area contributed by atoms with Crippen molar-refractivity contribution in [2.75, 3.05) is 26.2 Å². The monoisotopic (exact) mass is 513 g/mol. The second-order valence-corrected chi connectivity index (χ2v) is 10.4. The lowest BCUT2D eigenvalue weighted by atomic mass is 10.2. The Morgan fingerprint density at radius 2 is 1.74 bits per heavy atom. The first-order chi connectivity index (χ1) is 16.5. The number of benzene rings is 2. The van der Waals surface area contributed by atoms with Crippen LogP contribution in [0.2, 0.25) is 0 Å². The van der Waals surface area contributed by atoms with Crippen LogP contribution in [0.15, 0.2) is 46.9 Å². The molecule has 35 heavy (non-hydrogen) atoms. The molecule has 3 aromatic rings. The van der Waals surface area contributed by atoms with E-state index in [1.165, 1.54) is 18.2 Å². The van der Waals surface area contributed by atoms with Gasteiger partial charge >= 0.3 is 19.7 Å². The Hall–Kier alpha value is -3.12. The molecule has 0 aliphatic carbocycles. The molecule has 5 rings (SSSR count). The Balaban J connectivity index is 1.42. The van der Waals surface area contributed by atoms with Gasteiger partial charge in [-0.3, -0.25) is 19.2 Å². The van der Waals surface area contributed by atoms with Crippen LogP contribution in [0.1, 0.15) is 18.8 Å². The van der Waals surface area contributed by atoms with E-state index in [1.807, 2.05) is 0 Å². The predicted molar refractivity (Wildman–Crippen MR) is 116 cm³/mol. The van der Waals surface area contributed by atoms with Crippen molar-refractivity contribution in [2.24, 2.45) is 0 Å². The molecule has 0 N–H and O–H groups in total. The Morgan fingerprint density at radius 1 is 1.09 bits per heavy atom. The number of hydrogen-bond acceptors (Lipinski definition) is 7. The molecule has 1 atom stereocenters. The van der Waals surface area contributed by atoms with Gasteiger partial charge in [0, 0.05) is 37.6 Å². The number of furan rings is 1. The van der Waals surface area contributed by atoms with Crippen molar-refractivity contribution in [3.8, 4) is 17.2 Å². The molecular formula is C21H19F3N3O7P. The molecule has 0 radical (unpaired) electrons. The molecule has 2 saturated heterocycles. The summed E-state index contributed by atoms with van der Waals surface area (Å²) in [5.41, 5.74) is -0.273. The lowest BCUT2D eigenvalue weighted by molar-refractivity contribution is -0.385. The van der Waals surface area contributed by atoms with Crippen LogP contribution in [0.3, 0.4) is 0 Å². The number of nitro groups is 1. The van der Waals surface area contributed by atoms with Gasteiger partial charge < -0.3 is 13.9 Å². The number of hydrogen-bond donors (Lipinski definition) is 0. The predicted octanol–water partition coefficient (Wildman–Crippen LogP) is 5.85. The highest BCUT2D eigenvalue weighted by Crippen LogP contribution is 2.63. The fraction of sp³-hybridized carbons (Fsp3) is 0.333. The van der Waals surface area contributed by atoms with Crippen LogP contribution in [0.5, 0.6) is 17.2 Å². The zero-order valence-electron chi connectivity index (χ0n) is 18.2. The summed E-state index contributed by atoms with van der Waals surface area (Å²) in [5.74, 6) is -0.507. The van der Waals surface area contributed by atoms with Crippen molar-refractivity contribution >= 4 is 24.3 Å². The van der Waals surface area contributed by atoms with Gasteiger partial charge in [0.15, 0.2) is 0 Å². The molecule has 0 spiro atoms. The quantitative estimate of drug-likeness (QED) is 0.151. The largest absolute Gasteiger partial charge is 0.573 e. The minimum absolute atomic E-state index is 0.0903. The molecule has 2 aromatic carbocycles. The van der Waals surface area contributed by atoms with Crippen molar-refractivity contribution in [1.29, 1.82) is 0 Å². The summed E-state index contributed by atoms with van der Waals surface area (Å²) in [6.45, 7) is 4.41. The summed E-state index contributed by atoms with van der Waals surface area (Å²) < 4.78 is 75.4. The minimum Gasteiger partial charge on any atom is -0.458 e.